The molecular formula is C23H23N5O3. The van der Waals surface area contributed by atoms with Gasteiger partial charge in [-0.25, -0.2) is 4.79 Å². The Bertz CT molecular complexity index is 1240. The molecule has 0 saturated heterocycles. The molecule has 0 aliphatic carbocycles. The molecule has 0 unspecified atom stereocenters. The topological polar surface area (TPSA) is 125 Å². The van der Waals surface area contributed by atoms with Crippen LogP contribution in [0.25, 0.3) is 0 Å². The van der Waals surface area contributed by atoms with E-state index in [0.29, 0.717) is 18.5 Å². The first kappa shape index (κ1) is 21.6. The van der Waals surface area contributed by atoms with Crippen LogP contribution < -0.4 is 21.9 Å². The number of unbranched alkanes of at least 4 members (excludes halogenated alkanes) is 1. The molecule has 3 rings (SSSR count). The van der Waals surface area contributed by atoms with E-state index in [1.54, 1.807) is 18.2 Å². The van der Waals surface area contributed by atoms with E-state index in [1.165, 1.54) is 15.5 Å². The SMILES string of the molecule is CCCCn1c(N)c(N(Cc2ccccc2)C(=O)c2cccc(C#N)c2)c(=O)[nH]c1=O. The van der Waals surface area contributed by atoms with Crippen LogP contribution in [-0.4, -0.2) is 15.5 Å². The molecule has 0 radical (unpaired) electrons. The number of aromatic amines is 1. The zero-order chi connectivity index (χ0) is 22.4. The van der Waals surface area contributed by atoms with E-state index < -0.39 is 17.2 Å². The van der Waals surface area contributed by atoms with Gasteiger partial charge in [-0.2, -0.15) is 5.26 Å². The number of benzene rings is 2. The predicted octanol–water partition coefficient (Wildman–Crippen LogP) is 2.64. The number of nitrogen functional groups attached to an aromatic ring is 1. The summed E-state index contributed by atoms with van der Waals surface area (Å²) in [6.45, 7) is 2.36. The number of anilines is 2. The molecule has 31 heavy (non-hydrogen) atoms. The average Bonchev–Trinajstić information content (AvgIpc) is 2.78. The maximum Gasteiger partial charge on any atom is 0.330 e. The van der Waals surface area contributed by atoms with Gasteiger partial charge in [0, 0.05) is 12.1 Å². The predicted molar refractivity (Wildman–Crippen MR) is 119 cm³/mol. The quantitative estimate of drug-likeness (QED) is 0.611. The number of nitriles is 1. The van der Waals surface area contributed by atoms with Crippen LogP contribution in [0.2, 0.25) is 0 Å². The number of hydrogen-bond donors (Lipinski definition) is 2. The van der Waals surface area contributed by atoms with Crippen LogP contribution in [0.5, 0.6) is 0 Å². The number of nitrogens with one attached hydrogen (secondary N) is 1. The van der Waals surface area contributed by atoms with Crippen molar-refractivity contribution in [3.05, 3.63) is 92.1 Å². The van der Waals surface area contributed by atoms with Crippen molar-refractivity contribution in [3.8, 4) is 6.07 Å². The zero-order valence-electron chi connectivity index (χ0n) is 17.2. The third kappa shape index (κ3) is 4.73. The number of aromatic nitrogens is 2. The molecule has 2 aromatic carbocycles. The second kappa shape index (κ2) is 9.59. The van der Waals surface area contributed by atoms with Gasteiger partial charge in [-0.1, -0.05) is 49.7 Å². The molecule has 0 bridgehead atoms. The monoisotopic (exact) mass is 417 g/mol. The third-order valence-corrected chi connectivity index (χ3v) is 4.89. The van der Waals surface area contributed by atoms with Gasteiger partial charge in [0.05, 0.1) is 18.2 Å². The highest BCUT2D eigenvalue weighted by atomic mass is 16.2. The molecule has 158 valence electrons. The van der Waals surface area contributed by atoms with Crippen LogP contribution in [0.3, 0.4) is 0 Å². The van der Waals surface area contributed by atoms with Crippen molar-refractivity contribution in [2.75, 3.05) is 10.6 Å². The molecule has 1 amide bonds. The van der Waals surface area contributed by atoms with Crippen molar-refractivity contribution in [2.45, 2.75) is 32.9 Å². The van der Waals surface area contributed by atoms with Crippen molar-refractivity contribution in [1.29, 1.82) is 5.26 Å². The van der Waals surface area contributed by atoms with E-state index in [0.717, 1.165) is 12.0 Å². The summed E-state index contributed by atoms with van der Waals surface area (Å²) in [6.07, 6.45) is 1.51. The van der Waals surface area contributed by atoms with E-state index in [4.69, 9.17) is 5.73 Å². The van der Waals surface area contributed by atoms with E-state index in [9.17, 15) is 19.6 Å². The first-order valence-electron chi connectivity index (χ1n) is 9.94. The fraction of sp³-hybridized carbons (Fsp3) is 0.217. The maximum absolute atomic E-state index is 13.5. The summed E-state index contributed by atoms with van der Waals surface area (Å²) in [5, 5.41) is 9.18. The minimum Gasteiger partial charge on any atom is -0.383 e. The van der Waals surface area contributed by atoms with Gasteiger partial charge in [0.2, 0.25) is 0 Å². The summed E-state index contributed by atoms with van der Waals surface area (Å²) in [4.78, 5) is 42.1. The number of amides is 1. The fourth-order valence-corrected chi connectivity index (χ4v) is 3.27. The minimum atomic E-state index is -0.740. The number of nitrogens with two attached hydrogens (primary N) is 1. The molecule has 0 saturated carbocycles. The molecule has 3 N–H and O–H groups in total. The Morgan fingerprint density at radius 1 is 1.16 bits per heavy atom. The van der Waals surface area contributed by atoms with Crippen molar-refractivity contribution in [1.82, 2.24) is 9.55 Å². The summed E-state index contributed by atoms with van der Waals surface area (Å²) in [7, 11) is 0. The van der Waals surface area contributed by atoms with Crippen molar-refractivity contribution in [3.63, 3.8) is 0 Å². The van der Waals surface area contributed by atoms with Gasteiger partial charge in [0.15, 0.2) is 5.69 Å². The number of H-pyrrole nitrogens is 1. The van der Waals surface area contributed by atoms with E-state index in [1.807, 2.05) is 43.3 Å². The van der Waals surface area contributed by atoms with Crippen LogP contribution in [-0.2, 0) is 13.1 Å². The molecule has 0 aliphatic rings. The van der Waals surface area contributed by atoms with Gasteiger partial charge in [0.25, 0.3) is 11.5 Å². The van der Waals surface area contributed by atoms with Gasteiger partial charge in [-0.05, 0) is 30.2 Å². The van der Waals surface area contributed by atoms with Gasteiger partial charge in [-0.3, -0.25) is 24.0 Å². The van der Waals surface area contributed by atoms with E-state index >= 15 is 0 Å². The molecule has 0 aliphatic heterocycles. The summed E-state index contributed by atoms with van der Waals surface area (Å²) >= 11 is 0. The highest BCUT2D eigenvalue weighted by Gasteiger charge is 2.25. The lowest BCUT2D eigenvalue weighted by atomic mass is 10.1. The fourth-order valence-electron chi connectivity index (χ4n) is 3.27. The van der Waals surface area contributed by atoms with Crippen molar-refractivity contribution in [2.24, 2.45) is 0 Å². The number of carbonyl (C=O) groups is 1. The molecule has 0 fully saturated rings. The van der Waals surface area contributed by atoms with Crippen LogP contribution in [0.1, 0.15) is 41.3 Å². The lowest BCUT2D eigenvalue weighted by Gasteiger charge is -2.25. The van der Waals surface area contributed by atoms with Gasteiger partial charge in [0.1, 0.15) is 5.82 Å². The van der Waals surface area contributed by atoms with Crippen LogP contribution in [0, 0.1) is 11.3 Å². The summed E-state index contributed by atoms with van der Waals surface area (Å²) in [6, 6.07) is 17.4. The number of rotatable bonds is 7. The Morgan fingerprint density at radius 3 is 2.58 bits per heavy atom. The highest BCUT2D eigenvalue weighted by molar-refractivity contribution is 6.07. The Balaban J connectivity index is 2.17. The maximum atomic E-state index is 13.5. The van der Waals surface area contributed by atoms with Crippen molar-refractivity contribution < 1.29 is 4.79 Å². The molecule has 3 aromatic rings. The number of hydrogen-bond acceptors (Lipinski definition) is 5. The summed E-state index contributed by atoms with van der Waals surface area (Å²) in [5.74, 6) is -0.568. The number of nitrogens with zero attached hydrogens (tertiary/aromatic N) is 3. The van der Waals surface area contributed by atoms with Gasteiger partial charge < -0.3 is 5.73 Å². The molecule has 8 heteroatoms. The Labute approximate surface area is 179 Å². The molecule has 1 heterocycles. The van der Waals surface area contributed by atoms with Gasteiger partial charge >= 0.3 is 5.69 Å². The standard InChI is InChI=1S/C23H23N5O3/c1-2-3-12-27-20(25)19(21(29)26-23(27)31)28(15-16-8-5-4-6-9-16)22(30)18-11-7-10-17(13-18)14-24/h4-11,13H,2-3,12,15,25H2,1H3,(H,26,29,31). The lowest BCUT2D eigenvalue weighted by molar-refractivity contribution is 0.0984. The van der Waals surface area contributed by atoms with Crippen LogP contribution in [0.4, 0.5) is 11.5 Å². The average molecular weight is 417 g/mol. The zero-order valence-corrected chi connectivity index (χ0v) is 17.2. The largest absolute Gasteiger partial charge is 0.383 e. The van der Waals surface area contributed by atoms with Gasteiger partial charge in [-0.15, -0.1) is 0 Å². The summed E-state index contributed by atoms with van der Waals surface area (Å²) in [5.41, 5.74) is 6.14. The van der Waals surface area contributed by atoms with E-state index in [-0.39, 0.29) is 23.6 Å². The highest BCUT2D eigenvalue weighted by Crippen LogP contribution is 2.22. The van der Waals surface area contributed by atoms with Crippen molar-refractivity contribution >= 4 is 17.4 Å². The normalized spacial score (nSPS) is 10.5. The smallest absolute Gasteiger partial charge is 0.330 e. The first-order chi connectivity index (χ1) is 15.0. The second-order valence-corrected chi connectivity index (χ2v) is 7.07. The first-order valence-corrected chi connectivity index (χ1v) is 9.94. The Kier molecular flexibility index (Phi) is 6.67. The van der Waals surface area contributed by atoms with Crippen LogP contribution in [0.15, 0.2) is 64.2 Å². The Morgan fingerprint density at radius 2 is 1.90 bits per heavy atom. The molecular weight excluding hydrogens is 394 g/mol. The second-order valence-electron chi connectivity index (χ2n) is 7.07. The molecule has 8 nitrogen and oxygen atoms in total. The molecule has 0 atom stereocenters. The minimum absolute atomic E-state index is 0.0652. The third-order valence-electron chi connectivity index (χ3n) is 4.89. The Hall–Kier alpha value is -4.12. The number of carbonyl (C=O) groups excluding carboxylic acids is 1. The lowest BCUT2D eigenvalue weighted by Crippen LogP contribution is -2.41. The van der Waals surface area contributed by atoms with Crippen LogP contribution >= 0.6 is 0 Å². The molecule has 0 spiro atoms. The molecule has 1 aromatic heterocycles. The summed E-state index contributed by atoms with van der Waals surface area (Å²) < 4.78 is 1.28. The van der Waals surface area contributed by atoms with E-state index in [2.05, 4.69) is 4.98 Å².